The van der Waals surface area contributed by atoms with E-state index in [9.17, 15) is 4.79 Å². The van der Waals surface area contributed by atoms with Crippen LogP contribution in [0, 0.1) is 5.92 Å². The van der Waals surface area contributed by atoms with Crippen LogP contribution in [-0.2, 0) is 18.1 Å². The molecule has 1 unspecified atom stereocenters. The van der Waals surface area contributed by atoms with Crippen molar-refractivity contribution in [2.24, 2.45) is 11.7 Å². The summed E-state index contributed by atoms with van der Waals surface area (Å²) in [6, 6.07) is 0.714. The second-order valence-electron chi connectivity index (χ2n) is 8.31. The van der Waals surface area contributed by atoms with Crippen molar-refractivity contribution >= 4 is 27.1 Å². The van der Waals surface area contributed by atoms with Crippen LogP contribution in [0.4, 0.5) is 0 Å². The molecule has 0 aliphatic heterocycles. The van der Waals surface area contributed by atoms with Crippen LogP contribution in [0.3, 0.4) is 0 Å². The first-order valence-corrected chi connectivity index (χ1v) is 14.1. The van der Waals surface area contributed by atoms with Gasteiger partial charge in [0.1, 0.15) is 0 Å². The normalized spacial score (nSPS) is 12.8. The van der Waals surface area contributed by atoms with E-state index in [1.54, 1.807) is 21.3 Å². The lowest BCUT2D eigenvalue weighted by atomic mass is 9.95. The molecule has 0 saturated heterocycles. The number of halogens is 1. The fourth-order valence-electron chi connectivity index (χ4n) is 3.83. The molecular formula is C24H50ClNO4Si. The zero-order valence-electron chi connectivity index (χ0n) is 20.7. The lowest BCUT2D eigenvalue weighted by Crippen LogP contribution is -2.42. The van der Waals surface area contributed by atoms with Gasteiger partial charge in [-0.25, -0.2) is 0 Å². The number of nitrogens with two attached hydrogens (primary N) is 1. The predicted octanol–water partition coefficient (Wildman–Crippen LogP) is 6.82. The van der Waals surface area contributed by atoms with Crippen LogP contribution in [0.5, 0.6) is 0 Å². The van der Waals surface area contributed by atoms with Gasteiger partial charge in [-0.3, -0.25) is 4.79 Å². The minimum absolute atomic E-state index is 0. The molecule has 0 rings (SSSR count). The van der Waals surface area contributed by atoms with E-state index >= 15 is 0 Å². The van der Waals surface area contributed by atoms with Crippen LogP contribution in [0.15, 0.2) is 12.2 Å². The Morgan fingerprint density at radius 3 is 1.71 bits per heavy atom. The van der Waals surface area contributed by atoms with Crippen molar-refractivity contribution in [1.29, 1.82) is 0 Å². The lowest BCUT2D eigenvalue weighted by Gasteiger charge is -2.24. The topological polar surface area (TPSA) is 70.8 Å². The van der Waals surface area contributed by atoms with Crippen LogP contribution in [0.25, 0.3) is 0 Å². The first-order valence-electron chi connectivity index (χ1n) is 12.1. The average Bonchev–Trinajstić information content (AvgIpc) is 2.75. The van der Waals surface area contributed by atoms with E-state index < -0.39 is 8.80 Å². The van der Waals surface area contributed by atoms with Crippen LogP contribution in [0.2, 0.25) is 6.04 Å². The SMILES string of the molecule is CCCCCCCCC=CCCCCCCC(CCC[Si](OC)(OC)OC)C(N)=O.Cl. The molecule has 0 bridgehead atoms. The number of carbonyl (C=O) groups excluding carboxylic acids is 1. The first-order chi connectivity index (χ1) is 14.5. The Morgan fingerprint density at radius 1 is 0.774 bits per heavy atom. The molecule has 0 aromatic rings. The second-order valence-corrected chi connectivity index (χ2v) is 11.4. The van der Waals surface area contributed by atoms with Gasteiger partial charge < -0.3 is 19.0 Å². The molecule has 0 aliphatic carbocycles. The van der Waals surface area contributed by atoms with Gasteiger partial charge in [-0.1, -0.05) is 70.4 Å². The molecule has 0 spiro atoms. The third-order valence-corrected chi connectivity index (χ3v) is 8.77. The predicted molar refractivity (Wildman–Crippen MR) is 136 cm³/mol. The molecule has 2 N–H and O–H groups in total. The highest BCUT2D eigenvalue weighted by atomic mass is 35.5. The molecule has 186 valence electrons. The van der Waals surface area contributed by atoms with Crippen molar-refractivity contribution in [3.8, 4) is 0 Å². The van der Waals surface area contributed by atoms with E-state index in [2.05, 4.69) is 19.1 Å². The minimum Gasteiger partial charge on any atom is -0.377 e. The standard InChI is InChI=1S/C24H49NO4Si.ClH/c1-5-6-7-8-9-10-11-12-13-14-15-16-17-18-20-23(24(25)26)21-19-22-30(27-2,28-3)29-4;/h12-13,23H,5-11,14-22H2,1-4H3,(H2,25,26);1H. The van der Waals surface area contributed by atoms with Gasteiger partial charge in [-0.2, -0.15) is 0 Å². The molecule has 0 aromatic carbocycles. The third-order valence-electron chi connectivity index (χ3n) is 5.94. The number of unbranched alkanes of at least 4 members (excludes halogenated alkanes) is 10. The maximum absolute atomic E-state index is 11.8. The summed E-state index contributed by atoms with van der Waals surface area (Å²) in [6.07, 6.45) is 22.5. The minimum atomic E-state index is -2.55. The number of carbonyl (C=O) groups is 1. The van der Waals surface area contributed by atoms with Gasteiger partial charge in [0.15, 0.2) is 0 Å². The number of rotatable bonds is 22. The maximum atomic E-state index is 11.8. The zero-order chi connectivity index (χ0) is 22.5. The van der Waals surface area contributed by atoms with Crippen LogP contribution in [-0.4, -0.2) is 36.0 Å². The molecule has 5 nitrogen and oxygen atoms in total. The van der Waals surface area contributed by atoms with Crippen LogP contribution >= 0.6 is 12.4 Å². The summed E-state index contributed by atoms with van der Waals surface area (Å²) in [5, 5.41) is 0. The number of amides is 1. The van der Waals surface area contributed by atoms with E-state index in [4.69, 9.17) is 19.0 Å². The van der Waals surface area contributed by atoms with Crippen molar-refractivity contribution in [2.75, 3.05) is 21.3 Å². The Kier molecular flexibility index (Phi) is 24.1. The molecule has 1 amide bonds. The molecule has 0 aromatic heterocycles. The number of primary amides is 1. The fraction of sp³-hybridized carbons (Fsp3) is 0.875. The molecule has 0 saturated carbocycles. The summed E-state index contributed by atoms with van der Waals surface area (Å²) >= 11 is 0. The third kappa shape index (κ3) is 17.8. The summed E-state index contributed by atoms with van der Waals surface area (Å²) in [4.78, 5) is 11.8. The number of hydrogen-bond donors (Lipinski definition) is 1. The average molecular weight is 480 g/mol. The van der Waals surface area contributed by atoms with Crippen molar-refractivity contribution < 1.29 is 18.1 Å². The van der Waals surface area contributed by atoms with Crippen LogP contribution in [0.1, 0.15) is 103 Å². The van der Waals surface area contributed by atoms with Gasteiger partial charge in [-0.05, 0) is 44.9 Å². The second kappa shape index (κ2) is 22.8. The van der Waals surface area contributed by atoms with Crippen molar-refractivity contribution in [2.45, 2.75) is 109 Å². The Morgan fingerprint density at radius 2 is 1.23 bits per heavy atom. The Labute approximate surface area is 199 Å². The lowest BCUT2D eigenvalue weighted by molar-refractivity contribution is -0.122. The van der Waals surface area contributed by atoms with Gasteiger partial charge in [0.25, 0.3) is 0 Å². The fourth-order valence-corrected chi connectivity index (χ4v) is 5.58. The van der Waals surface area contributed by atoms with Crippen LogP contribution < -0.4 is 5.73 Å². The Hall–Kier alpha value is -0.403. The molecule has 0 aliphatic rings. The molecule has 31 heavy (non-hydrogen) atoms. The summed E-state index contributed by atoms with van der Waals surface area (Å²) in [5.41, 5.74) is 5.61. The first kappa shape index (κ1) is 32.8. The van der Waals surface area contributed by atoms with Gasteiger partial charge in [0, 0.05) is 33.3 Å². The van der Waals surface area contributed by atoms with E-state index in [0.717, 1.165) is 25.7 Å². The van der Waals surface area contributed by atoms with Crippen molar-refractivity contribution in [3.63, 3.8) is 0 Å². The quantitative estimate of drug-likeness (QED) is 0.105. The molecule has 1 atom stereocenters. The van der Waals surface area contributed by atoms with E-state index in [0.29, 0.717) is 6.04 Å². The van der Waals surface area contributed by atoms with Crippen molar-refractivity contribution in [1.82, 2.24) is 0 Å². The largest absolute Gasteiger partial charge is 0.500 e. The van der Waals surface area contributed by atoms with E-state index in [1.807, 2.05) is 0 Å². The van der Waals surface area contributed by atoms with Gasteiger partial charge in [0.2, 0.25) is 5.91 Å². The summed E-state index contributed by atoms with van der Waals surface area (Å²) in [6.45, 7) is 2.26. The summed E-state index contributed by atoms with van der Waals surface area (Å²) < 4.78 is 16.3. The Balaban J connectivity index is 0. The molecule has 0 heterocycles. The summed E-state index contributed by atoms with van der Waals surface area (Å²) in [5.74, 6) is -0.244. The van der Waals surface area contributed by atoms with Crippen molar-refractivity contribution in [3.05, 3.63) is 12.2 Å². The monoisotopic (exact) mass is 479 g/mol. The van der Waals surface area contributed by atoms with E-state index in [-0.39, 0.29) is 24.2 Å². The van der Waals surface area contributed by atoms with Gasteiger partial charge in [-0.15, -0.1) is 12.4 Å². The number of hydrogen-bond acceptors (Lipinski definition) is 4. The van der Waals surface area contributed by atoms with E-state index in [1.165, 1.54) is 70.6 Å². The highest BCUT2D eigenvalue weighted by molar-refractivity contribution is 6.60. The highest BCUT2D eigenvalue weighted by Crippen LogP contribution is 2.22. The maximum Gasteiger partial charge on any atom is 0.500 e. The number of allylic oxidation sites excluding steroid dienone is 2. The Bertz CT molecular complexity index is 426. The molecular weight excluding hydrogens is 430 g/mol. The van der Waals surface area contributed by atoms with Gasteiger partial charge in [0.05, 0.1) is 0 Å². The summed E-state index contributed by atoms with van der Waals surface area (Å²) in [7, 11) is 2.31. The molecule has 0 fully saturated rings. The zero-order valence-corrected chi connectivity index (χ0v) is 22.5. The molecule has 0 radical (unpaired) electrons. The smallest absolute Gasteiger partial charge is 0.377 e. The van der Waals surface area contributed by atoms with Gasteiger partial charge >= 0.3 is 8.80 Å². The molecule has 7 heteroatoms. The highest BCUT2D eigenvalue weighted by Gasteiger charge is 2.37.